The van der Waals surface area contributed by atoms with Gasteiger partial charge in [-0.3, -0.25) is 9.78 Å². The Hall–Kier alpha value is -3.99. The van der Waals surface area contributed by atoms with Crippen LogP contribution in [0.4, 0.5) is 4.79 Å². The zero-order valence-electron chi connectivity index (χ0n) is 21.9. The fourth-order valence-corrected chi connectivity index (χ4v) is 4.43. The van der Waals surface area contributed by atoms with E-state index in [1.54, 1.807) is 25.0 Å². The number of benzene rings is 1. The summed E-state index contributed by atoms with van der Waals surface area (Å²) in [6, 6.07) is 9.45. The number of thiazole rings is 1. The van der Waals surface area contributed by atoms with Crippen molar-refractivity contribution < 1.29 is 19.1 Å². The Balaban J connectivity index is 1.48. The maximum absolute atomic E-state index is 12.8. The molecule has 1 aromatic carbocycles. The summed E-state index contributed by atoms with van der Waals surface area (Å²) in [5, 5.41) is 6.82. The summed E-state index contributed by atoms with van der Waals surface area (Å²) < 4.78 is 10.8. The second-order valence-corrected chi connectivity index (χ2v) is 10.6. The average molecular weight is 537 g/mol. The van der Waals surface area contributed by atoms with Crippen LogP contribution < -0.4 is 15.4 Å². The van der Waals surface area contributed by atoms with Crippen molar-refractivity contribution in [3.63, 3.8) is 0 Å². The molecule has 0 bridgehead atoms. The van der Waals surface area contributed by atoms with E-state index in [1.165, 1.54) is 11.3 Å². The lowest BCUT2D eigenvalue weighted by molar-refractivity contribution is 0.0527. The maximum atomic E-state index is 12.8. The number of para-hydroxylation sites is 1. The zero-order valence-corrected chi connectivity index (χ0v) is 22.7. The first kappa shape index (κ1) is 27.1. The number of carbonyl (C=O) groups excluding carboxylic acids is 2. The summed E-state index contributed by atoms with van der Waals surface area (Å²) in [6.07, 6.45) is 4.88. The average Bonchev–Trinajstić information content (AvgIpc) is 3.59. The van der Waals surface area contributed by atoms with Gasteiger partial charge in [0.2, 0.25) is 5.88 Å². The second kappa shape index (κ2) is 12.0. The molecule has 0 radical (unpaired) electrons. The Morgan fingerprint density at radius 3 is 2.71 bits per heavy atom. The third-order valence-corrected chi connectivity index (χ3v) is 6.42. The Labute approximate surface area is 225 Å². The van der Waals surface area contributed by atoms with E-state index in [0.29, 0.717) is 36.0 Å². The highest BCUT2D eigenvalue weighted by molar-refractivity contribution is 7.11. The normalized spacial score (nSPS) is 12.2. The van der Waals surface area contributed by atoms with E-state index >= 15 is 0 Å². The Bertz CT molecular complexity index is 1380. The smallest absolute Gasteiger partial charge is 0.407 e. The van der Waals surface area contributed by atoms with Gasteiger partial charge in [0, 0.05) is 11.9 Å². The van der Waals surface area contributed by atoms with E-state index in [1.807, 2.05) is 51.1 Å². The van der Waals surface area contributed by atoms with Gasteiger partial charge in [-0.25, -0.2) is 14.8 Å². The fraction of sp³-hybridized carbons (Fsp3) is 0.370. The third-order valence-electron chi connectivity index (χ3n) is 5.65. The molecule has 4 rings (SSSR count). The van der Waals surface area contributed by atoms with E-state index in [9.17, 15) is 9.59 Å². The summed E-state index contributed by atoms with van der Waals surface area (Å²) in [4.78, 5) is 41.8. The van der Waals surface area contributed by atoms with Gasteiger partial charge in [0.05, 0.1) is 47.8 Å². The molecule has 4 aromatic rings. The number of fused-ring (bicyclic) bond motifs is 1. The van der Waals surface area contributed by atoms with Crippen molar-refractivity contribution in [1.29, 1.82) is 0 Å². The Morgan fingerprint density at radius 2 is 1.97 bits per heavy atom. The summed E-state index contributed by atoms with van der Waals surface area (Å²) in [5.74, 6) is 0.887. The molecule has 3 N–H and O–H groups in total. The predicted octanol–water partition coefficient (Wildman–Crippen LogP) is 5.26. The van der Waals surface area contributed by atoms with Crippen LogP contribution in [0.15, 0.2) is 48.2 Å². The van der Waals surface area contributed by atoms with Crippen LogP contribution in [0.5, 0.6) is 5.88 Å². The topological polar surface area (TPSA) is 131 Å². The first-order valence-corrected chi connectivity index (χ1v) is 13.3. The van der Waals surface area contributed by atoms with E-state index in [-0.39, 0.29) is 11.9 Å². The summed E-state index contributed by atoms with van der Waals surface area (Å²) in [6.45, 7) is 5.94. The number of unbranched alkanes of at least 4 members (excludes halogenated alkanes) is 1. The minimum atomic E-state index is -0.545. The standard InChI is InChI=1S/C27H32N6O4S/c1-27(2,3)37-26(35)29-12-8-7-11-20(32-24(34)22-15-28-16-38-22)23-30-14-21(31-23)18-13-17-9-5-6-10-19(17)33-25(18)36-4/h5-6,9-10,13-16,20H,7-8,11-12H2,1-4H3,(H,29,35)(H,30,31)(H,32,34)/t20-/m0/s1. The number of methoxy groups -OCH3 is 1. The van der Waals surface area contributed by atoms with Crippen molar-refractivity contribution in [2.75, 3.05) is 13.7 Å². The number of alkyl carbamates (subject to hydrolysis) is 1. The number of aromatic amines is 1. The molecule has 0 unspecified atom stereocenters. The Morgan fingerprint density at radius 1 is 1.16 bits per heavy atom. The maximum Gasteiger partial charge on any atom is 0.407 e. The first-order valence-electron chi connectivity index (χ1n) is 12.4. The molecule has 0 fully saturated rings. The molecule has 1 atom stereocenters. The number of hydrogen-bond acceptors (Lipinski definition) is 8. The van der Waals surface area contributed by atoms with Crippen LogP contribution in [0.1, 0.15) is 61.6 Å². The lowest BCUT2D eigenvalue weighted by Gasteiger charge is -2.20. The third kappa shape index (κ3) is 7.06. The number of carbonyl (C=O) groups is 2. The molecule has 38 heavy (non-hydrogen) atoms. The van der Waals surface area contributed by atoms with Crippen LogP contribution in [-0.4, -0.2) is 51.2 Å². The minimum Gasteiger partial charge on any atom is -0.480 e. The first-order chi connectivity index (χ1) is 18.2. The quantitative estimate of drug-likeness (QED) is 0.236. The minimum absolute atomic E-state index is 0.215. The van der Waals surface area contributed by atoms with E-state index < -0.39 is 11.7 Å². The molecule has 0 aliphatic rings. The summed E-state index contributed by atoms with van der Waals surface area (Å²) in [7, 11) is 1.58. The largest absolute Gasteiger partial charge is 0.480 e. The number of aromatic nitrogens is 4. The van der Waals surface area contributed by atoms with Crippen molar-refractivity contribution in [3.8, 4) is 17.1 Å². The number of nitrogens with zero attached hydrogens (tertiary/aromatic N) is 3. The SMILES string of the molecule is COc1nc2ccccc2cc1-c1cnc([C@H](CCCCNC(=O)OC(C)(C)C)NC(=O)c2cncs2)[nH]1. The van der Waals surface area contributed by atoms with Crippen LogP contribution in [0.2, 0.25) is 0 Å². The van der Waals surface area contributed by atoms with Crippen LogP contribution in [0.3, 0.4) is 0 Å². The number of pyridine rings is 1. The molecule has 3 aromatic heterocycles. The fourth-order valence-electron chi connectivity index (χ4n) is 3.91. The molecule has 0 spiro atoms. The second-order valence-electron chi connectivity index (χ2n) is 9.74. The van der Waals surface area contributed by atoms with Gasteiger partial charge in [-0.2, -0.15) is 0 Å². The molecule has 0 saturated carbocycles. The number of rotatable bonds is 10. The van der Waals surface area contributed by atoms with Crippen molar-refractivity contribution in [2.45, 2.75) is 51.7 Å². The highest BCUT2D eigenvalue weighted by Gasteiger charge is 2.21. The molecule has 0 aliphatic heterocycles. The van der Waals surface area contributed by atoms with Crippen molar-refractivity contribution in [1.82, 2.24) is 30.6 Å². The van der Waals surface area contributed by atoms with Gasteiger partial charge in [0.25, 0.3) is 5.91 Å². The van der Waals surface area contributed by atoms with Crippen molar-refractivity contribution in [3.05, 3.63) is 58.9 Å². The number of imidazole rings is 1. The van der Waals surface area contributed by atoms with Gasteiger partial charge in [0.15, 0.2) is 0 Å². The van der Waals surface area contributed by atoms with Gasteiger partial charge in [-0.1, -0.05) is 18.2 Å². The van der Waals surface area contributed by atoms with Crippen LogP contribution in [0, 0.1) is 0 Å². The predicted molar refractivity (Wildman–Crippen MR) is 146 cm³/mol. The number of nitrogens with one attached hydrogen (secondary N) is 3. The van der Waals surface area contributed by atoms with Gasteiger partial charge in [-0.05, 0) is 52.2 Å². The molecule has 0 saturated heterocycles. The highest BCUT2D eigenvalue weighted by Crippen LogP contribution is 2.31. The molecule has 11 heteroatoms. The lowest BCUT2D eigenvalue weighted by Crippen LogP contribution is -2.33. The van der Waals surface area contributed by atoms with Gasteiger partial charge >= 0.3 is 6.09 Å². The molecule has 10 nitrogen and oxygen atoms in total. The van der Waals surface area contributed by atoms with Crippen LogP contribution >= 0.6 is 11.3 Å². The zero-order chi connectivity index (χ0) is 27.1. The van der Waals surface area contributed by atoms with E-state index in [0.717, 1.165) is 28.6 Å². The molecule has 3 heterocycles. The lowest BCUT2D eigenvalue weighted by atomic mass is 10.1. The highest BCUT2D eigenvalue weighted by atomic mass is 32.1. The number of hydrogen-bond donors (Lipinski definition) is 3. The van der Waals surface area contributed by atoms with E-state index in [4.69, 9.17) is 9.47 Å². The molecular formula is C27H32N6O4S. The van der Waals surface area contributed by atoms with Gasteiger partial charge in [0.1, 0.15) is 16.3 Å². The van der Waals surface area contributed by atoms with Crippen LogP contribution in [-0.2, 0) is 4.74 Å². The molecule has 0 aliphatic carbocycles. The summed E-state index contributed by atoms with van der Waals surface area (Å²) >= 11 is 1.28. The summed E-state index contributed by atoms with van der Waals surface area (Å²) in [5.41, 5.74) is 3.42. The molecule has 200 valence electrons. The van der Waals surface area contributed by atoms with Crippen molar-refractivity contribution in [2.24, 2.45) is 0 Å². The monoisotopic (exact) mass is 536 g/mol. The van der Waals surface area contributed by atoms with Crippen molar-refractivity contribution >= 4 is 34.2 Å². The number of ether oxygens (including phenoxy) is 2. The molecule has 2 amide bonds. The van der Waals surface area contributed by atoms with Gasteiger partial charge < -0.3 is 25.1 Å². The number of amides is 2. The Kier molecular flexibility index (Phi) is 8.57. The van der Waals surface area contributed by atoms with E-state index in [2.05, 4.69) is 30.6 Å². The number of H-pyrrole nitrogens is 1. The molecular weight excluding hydrogens is 504 g/mol. The van der Waals surface area contributed by atoms with Crippen LogP contribution in [0.25, 0.3) is 22.2 Å². The van der Waals surface area contributed by atoms with Gasteiger partial charge in [-0.15, -0.1) is 11.3 Å².